The highest BCUT2D eigenvalue weighted by Gasteiger charge is 2.45. The van der Waals surface area contributed by atoms with Gasteiger partial charge in [0.15, 0.2) is 0 Å². The van der Waals surface area contributed by atoms with Crippen LogP contribution in [0.5, 0.6) is 0 Å². The summed E-state index contributed by atoms with van der Waals surface area (Å²) in [6.45, 7) is 10.2. The second kappa shape index (κ2) is 5.63. The van der Waals surface area contributed by atoms with Gasteiger partial charge in [0.25, 0.3) is 0 Å². The van der Waals surface area contributed by atoms with E-state index in [0.29, 0.717) is 0 Å². The van der Waals surface area contributed by atoms with Crippen molar-refractivity contribution in [1.29, 1.82) is 0 Å². The number of nitrogens with one attached hydrogen (secondary N) is 2. The molecule has 1 aromatic heterocycles. The van der Waals surface area contributed by atoms with Crippen LogP contribution in [0.3, 0.4) is 0 Å². The van der Waals surface area contributed by atoms with Gasteiger partial charge in [-0.1, -0.05) is 0 Å². The summed E-state index contributed by atoms with van der Waals surface area (Å²) in [5, 5.41) is 17.5. The molecule has 0 aliphatic carbocycles. The van der Waals surface area contributed by atoms with Gasteiger partial charge >= 0.3 is 12.0 Å². The summed E-state index contributed by atoms with van der Waals surface area (Å²) in [5.74, 6) is -0.966. The fourth-order valence-corrected chi connectivity index (χ4v) is 2.33. The van der Waals surface area contributed by atoms with Crippen molar-refractivity contribution in [1.82, 2.24) is 15.6 Å². The Balaban J connectivity index is 2.80. The third-order valence-corrected chi connectivity index (χ3v) is 5.01. The number of carboxylic acid groups (broad SMARTS) is 1. The SMILES string of the molecule is CC(C)(NC(=O)NC(C)(C)C(C)(C)C(=O)O)c1nccs1. The molecule has 0 saturated heterocycles. The molecule has 0 aliphatic rings. The molecular formula is C14H23N3O3S. The molecule has 2 amide bonds. The maximum absolute atomic E-state index is 12.2. The lowest BCUT2D eigenvalue weighted by Gasteiger charge is -2.39. The minimum Gasteiger partial charge on any atom is -0.481 e. The molecule has 1 rings (SSSR count). The number of carbonyl (C=O) groups excluding carboxylic acids is 1. The Labute approximate surface area is 129 Å². The highest BCUT2D eigenvalue weighted by atomic mass is 32.1. The third-order valence-electron chi connectivity index (χ3n) is 3.92. The molecule has 0 atom stereocenters. The highest BCUT2D eigenvalue weighted by molar-refractivity contribution is 7.09. The van der Waals surface area contributed by atoms with E-state index in [9.17, 15) is 14.7 Å². The van der Waals surface area contributed by atoms with E-state index in [1.807, 2.05) is 19.2 Å². The Morgan fingerprint density at radius 2 is 1.71 bits per heavy atom. The first-order chi connectivity index (χ1) is 9.40. The molecule has 6 nitrogen and oxygen atoms in total. The lowest BCUT2D eigenvalue weighted by Crippen LogP contribution is -2.60. The largest absolute Gasteiger partial charge is 0.481 e. The first-order valence-corrected chi connectivity index (χ1v) is 7.52. The number of urea groups is 1. The predicted molar refractivity (Wildman–Crippen MR) is 82.3 cm³/mol. The van der Waals surface area contributed by atoms with Crippen molar-refractivity contribution in [2.24, 2.45) is 5.41 Å². The smallest absolute Gasteiger partial charge is 0.315 e. The quantitative estimate of drug-likeness (QED) is 0.779. The third kappa shape index (κ3) is 3.72. The van der Waals surface area contributed by atoms with Gasteiger partial charge in [-0.2, -0.15) is 0 Å². The fraction of sp³-hybridized carbons (Fsp3) is 0.643. The van der Waals surface area contributed by atoms with Crippen molar-refractivity contribution in [2.45, 2.75) is 52.6 Å². The number of carboxylic acids is 1. The van der Waals surface area contributed by atoms with Gasteiger partial charge in [-0.25, -0.2) is 9.78 Å². The minimum absolute atomic E-state index is 0.422. The average molecular weight is 313 g/mol. The zero-order valence-corrected chi connectivity index (χ0v) is 14.1. The molecule has 0 radical (unpaired) electrons. The number of nitrogens with zero attached hydrogens (tertiary/aromatic N) is 1. The predicted octanol–water partition coefficient (Wildman–Crippen LogP) is 2.57. The van der Waals surface area contributed by atoms with Gasteiger partial charge in [-0.15, -0.1) is 11.3 Å². The Kier molecular flexibility index (Phi) is 4.67. The molecule has 7 heteroatoms. The van der Waals surface area contributed by atoms with E-state index in [1.165, 1.54) is 11.3 Å². The number of hydrogen-bond acceptors (Lipinski definition) is 4. The summed E-state index contributed by atoms with van der Waals surface area (Å²) in [4.78, 5) is 27.7. The first-order valence-electron chi connectivity index (χ1n) is 6.64. The van der Waals surface area contributed by atoms with E-state index in [2.05, 4.69) is 15.6 Å². The monoisotopic (exact) mass is 313 g/mol. The summed E-state index contributed by atoms with van der Waals surface area (Å²) in [6, 6.07) is -0.422. The van der Waals surface area contributed by atoms with E-state index in [0.717, 1.165) is 5.01 Å². The normalized spacial score (nSPS) is 12.9. The zero-order valence-electron chi connectivity index (χ0n) is 13.3. The van der Waals surface area contributed by atoms with E-state index in [4.69, 9.17) is 0 Å². The van der Waals surface area contributed by atoms with Crippen LogP contribution in [-0.2, 0) is 10.3 Å². The molecule has 1 aromatic rings. The molecule has 0 bridgehead atoms. The number of hydrogen-bond donors (Lipinski definition) is 3. The van der Waals surface area contributed by atoms with Crippen molar-refractivity contribution in [3.63, 3.8) is 0 Å². The van der Waals surface area contributed by atoms with Gasteiger partial charge in [-0.05, 0) is 41.5 Å². The van der Waals surface area contributed by atoms with Crippen molar-refractivity contribution >= 4 is 23.3 Å². The van der Waals surface area contributed by atoms with Gasteiger partial charge in [-0.3, -0.25) is 4.79 Å². The molecule has 0 aliphatic heterocycles. The van der Waals surface area contributed by atoms with E-state index in [1.54, 1.807) is 33.9 Å². The molecule has 118 valence electrons. The van der Waals surface area contributed by atoms with Crippen LogP contribution in [0.1, 0.15) is 46.6 Å². The topological polar surface area (TPSA) is 91.3 Å². The number of aromatic nitrogens is 1. The van der Waals surface area contributed by atoms with Crippen LogP contribution in [0.2, 0.25) is 0 Å². The van der Waals surface area contributed by atoms with Gasteiger partial charge in [0.2, 0.25) is 0 Å². The van der Waals surface area contributed by atoms with E-state index in [-0.39, 0.29) is 0 Å². The molecule has 0 unspecified atom stereocenters. The molecule has 0 saturated carbocycles. The van der Waals surface area contributed by atoms with Crippen molar-refractivity contribution < 1.29 is 14.7 Å². The van der Waals surface area contributed by atoms with Gasteiger partial charge < -0.3 is 15.7 Å². The number of aliphatic carboxylic acids is 1. The molecule has 0 spiro atoms. The zero-order chi connectivity index (χ0) is 16.5. The Morgan fingerprint density at radius 3 is 2.14 bits per heavy atom. The molecule has 0 fully saturated rings. The Bertz CT molecular complexity index is 522. The van der Waals surface area contributed by atoms with Crippen LogP contribution in [0.4, 0.5) is 4.79 Å². The first kappa shape index (κ1) is 17.4. The van der Waals surface area contributed by atoms with Gasteiger partial charge in [0, 0.05) is 11.6 Å². The Morgan fingerprint density at radius 1 is 1.14 bits per heavy atom. The van der Waals surface area contributed by atoms with Crippen molar-refractivity contribution in [3.05, 3.63) is 16.6 Å². The van der Waals surface area contributed by atoms with Crippen molar-refractivity contribution in [3.8, 4) is 0 Å². The summed E-state index contributed by atoms with van der Waals surface area (Å²) < 4.78 is 0. The maximum Gasteiger partial charge on any atom is 0.315 e. The number of carbonyl (C=O) groups is 2. The molecule has 1 heterocycles. The van der Waals surface area contributed by atoms with E-state index >= 15 is 0 Å². The standard InChI is InChI=1S/C14H23N3O3S/c1-12(2,10(18)19)14(5,6)17-11(20)16-13(3,4)9-15-7-8-21-9/h7-8H,1-6H3,(H,18,19)(H2,16,17,20). The molecule has 3 N–H and O–H groups in total. The molecule has 0 aromatic carbocycles. The van der Waals surface area contributed by atoms with Gasteiger partial charge in [0.05, 0.1) is 16.5 Å². The second-order valence-electron chi connectivity index (χ2n) is 6.60. The van der Waals surface area contributed by atoms with Crippen molar-refractivity contribution in [2.75, 3.05) is 0 Å². The maximum atomic E-state index is 12.2. The lowest BCUT2D eigenvalue weighted by atomic mass is 9.74. The van der Waals surface area contributed by atoms with Crippen LogP contribution in [-0.4, -0.2) is 27.6 Å². The number of rotatable bonds is 5. The van der Waals surface area contributed by atoms with Crippen LogP contribution >= 0.6 is 11.3 Å². The van der Waals surface area contributed by atoms with Crippen LogP contribution in [0, 0.1) is 5.41 Å². The van der Waals surface area contributed by atoms with E-state index < -0.39 is 28.5 Å². The highest BCUT2D eigenvalue weighted by Crippen LogP contribution is 2.31. The van der Waals surface area contributed by atoms with Crippen LogP contribution < -0.4 is 10.6 Å². The summed E-state index contributed by atoms with van der Waals surface area (Å²) in [6.07, 6.45) is 1.68. The number of thiazole rings is 1. The summed E-state index contributed by atoms with van der Waals surface area (Å²) >= 11 is 1.45. The minimum atomic E-state index is -1.10. The van der Waals surface area contributed by atoms with Crippen LogP contribution in [0.25, 0.3) is 0 Å². The molecule has 21 heavy (non-hydrogen) atoms. The fourth-order valence-electron chi connectivity index (χ4n) is 1.61. The Hall–Kier alpha value is -1.63. The molecular weight excluding hydrogens is 290 g/mol. The number of amides is 2. The van der Waals surface area contributed by atoms with Gasteiger partial charge in [0.1, 0.15) is 5.01 Å². The summed E-state index contributed by atoms with van der Waals surface area (Å²) in [7, 11) is 0. The lowest BCUT2D eigenvalue weighted by molar-refractivity contribution is -0.150. The second-order valence-corrected chi connectivity index (χ2v) is 7.49. The summed E-state index contributed by atoms with van der Waals surface area (Å²) in [5.41, 5.74) is -2.64. The average Bonchev–Trinajstić information content (AvgIpc) is 2.80. The van der Waals surface area contributed by atoms with Crippen LogP contribution in [0.15, 0.2) is 11.6 Å².